The second-order valence-electron chi connectivity index (χ2n) is 5.71. The van der Waals surface area contributed by atoms with E-state index in [-0.39, 0.29) is 18.3 Å². The van der Waals surface area contributed by atoms with Crippen molar-refractivity contribution < 1.29 is 9.18 Å². The van der Waals surface area contributed by atoms with Crippen LogP contribution >= 0.6 is 11.3 Å². The summed E-state index contributed by atoms with van der Waals surface area (Å²) in [5.74, 6) is -0.684. The summed E-state index contributed by atoms with van der Waals surface area (Å²) in [4.78, 5) is 13.5. The molecule has 3 rings (SSSR count). The van der Waals surface area contributed by atoms with Gasteiger partial charge in [0.15, 0.2) is 0 Å². The maximum Gasteiger partial charge on any atom is 0.263 e. The topological polar surface area (TPSA) is 80.9 Å². The number of rotatable bonds is 3. The Bertz CT molecular complexity index is 951. The first-order valence-corrected chi connectivity index (χ1v) is 8.25. The number of amides is 1. The number of carbonyl (C=O) groups excluding carboxylic acids is 1. The van der Waals surface area contributed by atoms with E-state index >= 15 is 0 Å². The van der Waals surface area contributed by atoms with E-state index in [1.54, 1.807) is 12.1 Å². The minimum absolute atomic E-state index is 0.101. The molecule has 5 nitrogen and oxygen atoms in total. The summed E-state index contributed by atoms with van der Waals surface area (Å²) < 4.78 is 13.8. The molecular weight excluding hydrogens is 327 g/mol. The SMILES string of the molecule is Cc1ccc(F)c(CNC(=O)c2sc3nnc(C)c(C)c3c2N)c1. The number of thiophene rings is 1. The number of nitrogens with two attached hydrogens (primary N) is 1. The molecule has 0 bridgehead atoms. The molecule has 1 amide bonds. The zero-order chi connectivity index (χ0) is 17.4. The van der Waals surface area contributed by atoms with Crippen LogP contribution < -0.4 is 11.1 Å². The number of anilines is 1. The van der Waals surface area contributed by atoms with E-state index in [2.05, 4.69) is 15.5 Å². The fourth-order valence-electron chi connectivity index (χ4n) is 2.50. The maximum atomic E-state index is 13.8. The second-order valence-corrected chi connectivity index (χ2v) is 6.71. The van der Waals surface area contributed by atoms with Crippen LogP contribution in [-0.4, -0.2) is 16.1 Å². The number of hydrogen-bond donors (Lipinski definition) is 2. The maximum absolute atomic E-state index is 13.8. The number of aryl methyl sites for hydroxylation is 3. The lowest BCUT2D eigenvalue weighted by Gasteiger charge is -2.07. The number of aromatic nitrogens is 2. The molecule has 124 valence electrons. The zero-order valence-electron chi connectivity index (χ0n) is 13.6. The summed E-state index contributed by atoms with van der Waals surface area (Å²) in [5, 5.41) is 11.6. The molecule has 0 fully saturated rings. The van der Waals surface area contributed by atoms with Gasteiger partial charge in [-0.2, -0.15) is 5.10 Å². The fourth-order valence-corrected chi connectivity index (χ4v) is 3.52. The summed E-state index contributed by atoms with van der Waals surface area (Å²) in [7, 11) is 0. The average molecular weight is 344 g/mol. The van der Waals surface area contributed by atoms with Gasteiger partial charge in [0.25, 0.3) is 5.91 Å². The third kappa shape index (κ3) is 2.82. The molecule has 0 atom stereocenters. The Balaban J connectivity index is 1.88. The van der Waals surface area contributed by atoms with Gasteiger partial charge in [0.1, 0.15) is 15.5 Å². The standard InChI is InChI=1S/C17H17FN4OS/c1-8-4-5-12(18)11(6-8)7-20-16(23)15-14(19)13-9(2)10(3)21-22-17(13)24-15/h4-6H,7,19H2,1-3H3,(H,20,23). The first-order valence-electron chi connectivity index (χ1n) is 7.43. The second kappa shape index (κ2) is 6.16. The van der Waals surface area contributed by atoms with Gasteiger partial charge in [0.2, 0.25) is 0 Å². The van der Waals surface area contributed by atoms with Crippen molar-refractivity contribution in [1.82, 2.24) is 15.5 Å². The minimum Gasteiger partial charge on any atom is -0.397 e. The highest BCUT2D eigenvalue weighted by Gasteiger charge is 2.20. The van der Waals surface area contributed by atoms with E-state index in [4.69, 9.17) is 5.73 Å². The van der Waals surface area contributed by atoms with Crippen LogP contribution in [0.5, 0.6) is 0 Å². The normalized spacial score (nSPS) is 11.0. The molecule has 7 heteroatoms. The fraction of sp³-hybridized carbons (Fsp3) is 0.235. The van der Waals surface area contributed by atoms with E-state index in [9.17, 15) is 9.18 Å². The Morgan fingerprint density at radius 1 is 1.29 bits per heavy atom. The molecule has 0 radical (unpaired) electrons. The summed E-state index contributed by atoms with van der Waals surface area (Å²) in [5.41, 5.74) is 9.60. The molecule has 0 aliphatic carbocycles. The van der Waals surface area contributed by atoms with Crippen molar-refractivity contribution in [3.8, 4) is 0 Å². The molecule has 0 aliphatic rings. The minimum atomic E-state index is -0.345. The average Bonchev–Trinajstić information content (AvgIpc) is 2.89. The van der Waals surface area contributed by atoms with E-state index in [1.165, 1.54) is 17.4 Å². The van der Waals surface area contributed by atoms with Crippen molar-refractivity contribution in [2.45, 2.75) is 27.3 Å². The highest BCUT2D eigenvalue weighted by atomic mass is 32.1. The van der Waals surface area contributed by atoms with Gasteiger partial charge in [-0.15, -0.1) is 16.4 Å². The van der Waals surface area contributed by atoms with Crippen LogP contribution in [0.2, 0.25) is 0 Å². The van der Waals surface area contributed by atoms with Crippen LogP contribution in [-0.2, 0) is 6.54 Å². The smallest absolute Gasteiger partial charge is 0.263 e. The molecule has 24 heavy (non-hydrogen) atoms. The molecule has 2 heterocycles. The monoisotopic (exact) mass is 344 g/mol. The summed E-state index contributed by atoms with van der Waals surface area (Å²) in [6.45, 7) is 5.72. The van der Waals surface area contributed by atoms with Gasteiger partial charge in [-0.3, -0.25) is 4.79 Å². The lowest BCUT2D eigenvalue weighted by molar-refractivity contribution is 0.0955. The lowest BCUT2D eigenvalue weighted by atomic mass is 10.1. The van der Waals surface area contributed by atoms with Crippen LogP contribution in [0.1, 0.15) is 32.1 Å². The van der Waals surface area contributed by atoms with Gasteiger partial charge in [-0.25, -0.2) is 4.39 Å². The van der Waals surface area contributed by atoms with E-state index in [0.717, 1.165) is 22.2 Å². The molecule has 0 unspecified atom stereocenters. The van der Waals surface area contributed by atoms with Crippen molar-refractivity contribution in [2.24, 2.45) is 0 Å². The Hall–Kier alpha value is -2.54. The first kappa shape index (κ1) is 16.3. The number of nitrogen functional groups attached to an aromatic ring is 1. The van der Waals surface area contributed by atoms with Crippen molar-refractivity contribution in [3.63, 3.8) is 0 Å². The molecule has 0 saturated carbocycles. The summed E-state index contributed by atoms with van der Waals surface area (Å²) in [6, 6.07) is 4.80. The largest absolute Gasteiger partial charge is 0.397 e. The van der Waals surface area contributed by atoms with Gasteiger partial charge in [-0.05, 0) is 32.4 Å². The zero-order valence-corrected chi connectivity index (χ0v) is 14.4. The number of nitrogens with one attached hydrogen (secondary N) is 1. The molecule has 3 aromatic rings. The lowest BCUT2D eigenvalue weighted by Crippen LogP contribution is -2.23. The summed E-state index contributed by atoms with van der Waals surface area (Å²) >= 11 is 1.19. The van der Waals surface area contributed by atoms with Gasteiger partial charge in [0.05, 0.1) is 11.4 Å². The number of hydrogen-bond acceptors (Lipinski definition) is 5. The van der Waals surface area contributed by atoms with Crippen molar-refractivity contribution >= 4 is 33.1 Å². The molecule has 0 aliphatic heterocycles. The molecular formula is C17H17FN4OS. The van der Waals surface area contributed by atoms with Crippen molar-refractivity contribution in [2.75, 3.05) is 5.73 Å². The first-order chi connectivity index (χ1) is 11.4. The Morgan fingerprint density at radius 2 is 2.04 bits per heavy atom. The molecule has 0 saturated heterocycles. The molecule has 0 spiro atoms. The van der Waals surface area contributed by atoms with Gasteiger partial charge in [0, 0.05) is 17.5 Å². The van der Waals surface area contributed by atoms with Crippen LogP contribution in [0.4, 0.5) is 10.1 Å². The number of halogens is 1. The number of carbonyl (C=O) groups is 1. The van der Waals surface area contributed by atoms with E-state index in [1.807, 2.05) is 20.8 Å². The van der Waals surface area contributed by atoms with Crippen molar-refractivity contribution in [1.29, 1.82) is 0 Å². The Morgan fingerprint density at radius 3 is 2.79 bits per heavy atom. The summed E-state index contributed by atoms with van der Waals surface area (Å²) in [6.07, 6.45) is 0. The highest BCUT2D eigenvalue weighted by molar-refractivity contribution is 7.21. The van der Waals surface area contributed by atoms with Crippen LogP contribution in [0.25, 0.3) is 10.2 Å². The van der Waals surface area contributed by atoms with E-state index in [0.29, 0.717) is 21.0 Å². The predicted octanol–water partition coefficient (Wildman–Crippen LogP) is 3.27. The van der Waals surface area contributed by atoms with Crippen molar-refractivity contribution in [3.05, 3.63) is 51.3 Å². The number of fused-ring (bicyclic) bond motifs is 1. The predicted molar refractivity (Wildman–Crippen MR) is 93.6 cm³/mol. The third-order valence-electron chi connectivity index (χ3n) is 3.98. The third-order valence-corrected chi connectivity index (χ3v) is 5.07. The van der Waals surface area contributed by atoms with Crippen LogP contribution in [0.15, 0.2) is 18.2 Å². The molecule has 1 aromatic carbocycles. The van der Waals surface area contributed by atoms with Crippen LogP contribution in [0.3, 0.4) is 0 Å². The van der Waals surface area contributed by atoms with Gasteiger partial charge < -0.3 is 11.1 Å². The molecule has 3 N–H and O–H groups in total. The van der Waals surface area contributed by atoms with Crippen LogP contribution in [0, 0.1) is 26.6 Å². The quantitative estimate of drug-likeness (QED) is 0.764. The number of benzene rings is 1. The van der Waals surface area contributed by atoms with Gasteiger partial charge >= 0.3 is 0 Å². The van der Waals surface area contributed by atoms with Gasteiger partial charge in [-0.1, -0.05) is 17.7 Å². The highest BCUT2D eigenvalue weighted by Crippen LogP contribution is 2.34. The van der Waals surface area contributed by atoms with E-state index < -0.39 is 0 Å². The molecule has 2 aromatic heterocycles. The Kier molecular flexibility index (Phi) is 4.19. The number of nitrogens with zero attached hydrogens (tertiary/aromatic N) is 2. The Labute approximate surface area is 142 Å².